The van der Waals surface area contributed by atoms with E-state index >= 15 is 0 Å². The van der Waals surface area contributed by atoms with Gasteiger partial charge in [0.2, 0.25) is 5.91 Å². The first kappa shape index (κ1) is 20.7. The van der Waals surface area contributed by atoms with Crippen LogP contribution in [-0.4, -0.2) is 46.0 Å². The number of aryl methyl sites for hydroxylation is 1. The molecule has 0 aliphatic carbocycles. The molecule has 1 unspecified atom stereocenters. The van der Waals surface area contributed by atoms with E-state index < -0.39 is 0 Å². The number of carbonyl (C=O) groups is 2. The molecule has 0 saturated carbocycles. The number of pyridine rings is 1. The summed E-state index contributed by atoms with van der Waals surface area (Å²) in [6.45, 7) is 1.51. The van der Waals surface area contributed by atoms with Gasteiger partial charge in [-0.3, -0.25) is 14.6 Å². The van der Waals surface area contributed by atoms with Crippen LogP contribution in [0.15, 0.2) is 67.1 Å². The standard InChI is InChI=1S/C24H26N4O3/c1-31-21-7-2-5-18(13-21)9-10-23(29)26-15-20-17-27-12-4-8-22(27)24(30)28(20)16-19-6-3-11-25-14-19/h2-8,11-14,20H,9-10,15-17H2,1H3,(H,26,29). The molecule has 2 aromatic heterocycles. The van der Waals surface area contributed by atoms with E-state index in [1.165, 1.54) is 0 Å². The monoisotopic (exact) mass is 418 g/mol. The minimum absolute atomic E-state index is 0.0317. The molecule has 31 heavy (non-hydrogen) atoms. The Kier molecular flexibility index (Phi) is 6.31. The number of benzene rings is 1. The summed E-state index contributed by atoms with van der Waals surface area (Å²) in [5.74, 6) is 0.720. The van der Waals surface area contributed by atoms with Crippen molar-refractivity contribution in [3.8, 4) is 5.75 Å². The zero-order valence-electron chi connectivity index (χ0n) is 17.5. The number of fused-ring (bicyclic) bond motifs is 1. The maximum atomic E-state index is 13.1. The van der Waals surface area contributed by atoms with Crippen LogP contribution in [0, 0.1) is 0 Å². The lowest BCUT2D eigenvalue weighted by atomic mass is 10.1. The number of nitrogens with one attached hydrogen (secondary N) is 1. The van der Waals surface area contributed by atoms with Gasteiger partial charge in [0.25, 0.3) is 5.91 Å². The fraction of sp³-hybridized carbons (Fsp3) is 0.292. The summed E-state index contributed by atoms with van der Waals surface area (Å²) in [7, 11) is 1.63. The number of amides is 2. The average Bonchev–Trinajstić information content (AvgIpc) is 3.28. The van der Waals surface area contributed by atoms with Crippen molar-refractivity contribution in [2.24, 2.45) is 0 Å². The highest BCUT2D eigenvalue weighted by atomic mass is 16.5. The molecule has 160 valence electrons. The van der Waals surface area contributed by atoms with Gasteiger partial charge in [0.1, 0.15) is 11.4 Å². The molecule has 0 spiro atoms. The van der Waals surface area contributed by atoms with E-state index in [9.17, 15) is 9.59 Å². The maximum absolute atomic E-state index is 13.1. The molecule has 4 rings (SSSR count). The molecule has 1 aliphatic rings. The van der Waals surface area contributed by atoms with Crippen LogP contribution >= 0.6 is 0 Å². The van der Waals surface area contributed by atoms with Gasteiger partial charge in [-0.1, -0.05) is 18.2 Å². The Labute approximate surface area is 181 Å². The SMILES string of the molecule is COc1cccc(CCC(=O)NCC2Cn3cccc3C(=O)N2Cc2cccnc2)c1. The Morgan fingerprint density at radius 3 is 2.87 bits per heavy atom. The van der Waals surface area contributed by atoms with Crippen molar-refractivity contribution in [1.82, 2.24) is 19.8 Å². The second-order valence-corrected chi connectivity index (χ2v) is 7.65. The van der Waals surface area contributed by atoms with E-state index in [-0.39, 0.29) is 17.9 Å². The van der Waals surface area contributed by atoms with E-state index in [1.807, 2.05) is 64.2 Å². The third kappa shape index (κ3) is 4.94. The van der Waals surface area contributed by atoms with E-state index in [0.717, 1.165) is 16.9 Å². The number of hydrogen-bond acceptors (Lipinski definition) is 4. The van der Waals surface area contributed by atoms with Gasteiger partial charge in [-0.15, -0.1) is 0 Å². The number of hydrogen-bond donors (Lipinski definition) is 1. The molecular weight excluding hydrogens is 392 g/mol. The van der Waals surface area contributed by atoms with Crippen LogP contribution in [0.3, 0.4) is 0 Å². The Balaban J connectivity index is 1.39. The van der Waals surface area contributed by atoms with Crippen LogP contribution in [0.25, 0.3) is 0 Å². The molecule has 1 aliphatic heterocycles. The fourth-order valence-electron chi connectivity index (χ4n) is 3.88. The highest BCUT2D eigenvalue weighted by molar-refractivity contribution is 5.93. The van der Waals surface area contributed by atoms with E-state index in [2.05, 4.69) is 10.3 Å². The van der Waals surface area contributed by atoms with Gasteiger partial charge in [0.15, 0.2) is 0 Å². The van der Waals surface area contributed by atoms with Crippen molar-refractivity contribution in [3.63, 3.8) is 0 Å². The lowest BCUT2D eigenvalue weighted by Gasteiger charge is -2.36. The van der Waals surface area contributed by atoms with Crippen LogP contribution in [-0.2, 0) is 24.3 Å². The molecule has 1 N–H and O–H groups in total. The Morgan fingerprint density at radius 2 is 2.06 bits per heavy atom. The first-order valence-electron chi connectivity index (χ1n) is 10.4. The third-order valence-electron chi connectivity index (χ3n) is 5.54. The zero-order valence-corrected chi connectivity index (χ0v) is 17.5. The Bertz CT molecular complexity index is 1050. The maximum Gasteiger partial charge on any atom is 0.271 e. The molecule has 1 atom stereocenters. The molecule has 1 aromatic carbocycles. The Morgan fingerprint density at radius 1 is 1.19 bits per heavy atom. The summed E-state index contributed by atoms with van der Waals surface area (Å²) in [5, 5.41) is 3.02. The molecule has 2 amide bonds. The average molecular weight is 418 g/mol. The summed E-state index contributed by atoms with van der Waals surface area (Å²) >= 11 is 0. The predicted molar refractivity (Wildman–Crippen MR) is 117 cm³/mol. The lowest BCUT2D eigenvalue weighted by molar-refractivity contribution is -0.121. The number of rotatable bonds is 8. The molecule has 0 fully saturated rings. The summed E-state index contributed by atoms with van der Waals surface area (Å²) in [6.07, 6.45) is 6.41. The lowest BCUT2D eigenvalue weighted by Crippen LogP contribution is -2.52. The summed E-state index contributed by atoms with van der Waals surface area (Å²) in [4.78, 5) is 31.5. The molecule has 3 heterocycles. The van der Waals surface area contributed by atoms with Crippen molar-refractivity contribution in [1.29, 1.82) is 0 Å². The molecule has 0 saturated heterocycles. The predicted octanol–water partition coefficient (Wildman–Crippen LogP) is 2.67. The zero-order chi connectivity index (χ0) is 21.6. The first-order chi connectivity index (χ1) is 15.1. The normalized spacial score (nSPS) is 15.5. The molecular formula is C24H26N4O3. The highest BCUT2D eigenvalue weighted by Crippen LogP contribution is 2.21. The van der Waals surface area contributed by atoms with Crippen LogP contribution in [0.1, 0.15) is 28.0 Å². The van der Waals surface area contributed by atoms with Crippen molar-refractivity contribution in [2.75, 3.05) is 13.7 Å². The molecule has 0 radical (unpaired) electrons. The first-order valence-corrected chi connectivity index (χ1v) is 10.4. The van der Waals surface area contributed by atoms with Crippen LogP contribution in [0.5, 0.6) is 5.75 Å². The van der Waals surface area contributed by atoms with Crippen LogP contribution in [0.4, 0.5) is 0 Å². The van der Waals surface area contributed by atoms with Crippen LogP contribution < -0.4 is 10.1 Å². The van der Waals surface area contributed by atoms with E-state index in [4.69, 9.17) is 4.74 Å². The molecule has 7 nitrogen and oxygen atoms in total. The van der Waals surface area contributed by atoms with Gasteiger partial charge in [0.05, 0.1) is 13.2 Å². The van der Waals surface area contributed by atoms with Crippen molar-refractivity contribution in [2.45, 2.75) is 32.0 Å². The molecule has 3 aromatic rings. The number of nitrogens with zero attached hydrogens (tertiary/aromatic N) is 3. The summed E-state index contributed by atoms with van der Waals surface area (Å²) in [6, 6.07) is 15.1. The van der Waals surface area contributed by atoms with Gasteiger partial charge >= 0.3 is 0 Å². The summed E-state index contributed by atoms with van der Waals surface area (Å²) in [5.41, 5.74) is 2.69. The van der Waals surface area contributed by atoms with Gasteiger partial charge in [-0.25, -0.2) is 0 Å². The molecule has 7 heteroatoms. The number of carbonyl (C=O) groups excluding carboxylic acids is 2. The van der Waals surface area contributed by atoms with E-state index in [1.54, 1.807) is 19.5 Å². The van der Waals surface area contributed by atoms with Crippen molar-refractivity contribution >= 4 is 11.8 Å². The highest BCUT2D eigenvalue weighted by Gasteiger charge is 2.32. The molecule has 0 bridgehead atoms. The second-order valence-electron chi connectivity index (χ2n) is 7.65. The minimum atomic E-state index is -0.131. The number of ether oxygens (including phenoxy) is 1. The second kappa shape index (κ2) is 9.47. The number of methoxy groups -OCH3 is 1. The van der Waals surface area contributed by atoms with E-state index in [0.29, 0.717) is 38.2 Å². The number of aromatic nitrogens is 2. The summed E-state index contributed by atoms with van der Waals surface area (Å²) < 4.78 is 7.19. The van der Waals surface area contributed by atoms with Crippen molar-refractivity contribution < 1.29 is 14.3 Å². The topological polar surface area (TPSA) is 76.5 Å². The van der Waals surface area contributed by atoms with Crippen molar-refractivity contribution in [3.05, 3.63) is 83.9 Å². The smallest absolute Gasteiger partial charge is 0.271 e. The fourth-order valence-corrected chi connectivity index (χ4v) is 3.88. The van der Waals surface area contributed by atoms with Gasteiger partial charge in [-0.05, 0) is 47.9 Å². The van der Waals surface area contributed by atoms with Gasteiger partial charge in [0, 0.05) is 44.6 Å². The minimum Gasteiger partial charge on any atom is -0.497 e. The van der Waals surface area contributed by atoms with Gasteiger partial charge in [-0.2, -0.15) is 0 Å². The quantitative estimate of drug-likeness (QED) is 0.610. The Hall–Kier alpha value is -3.61. The largest absolute Gasteiger partial charge is 0.497 e. The van der Waals surface area contributed by atoms with Gasteiger partial charge < -0.3 is 19.5 Å². The third-order valence-corrected chi connectivity index (χ3v) is 5.54. The van der Waals surface area contributed by atoms with Crippen LogP contribution in [0.2, 0.25) is 0 Å².